The van der Waals surface area contributed by atoms with Gasteiger partial charge in [0, 0.05) is 31.7 Å². The maximum atomic E-state index is 12.8. The molecule has 5 heteroatoms. The number of benzene rings is 2. The first-order chi connectivity index (χ1) is 13.5. The molecule has 2 fully saturated rings. The molecule has 0 saturated carbocycles. The van der Waals surface area contributed by atoms with Gasteiger partial charge in [-0.3, -0.25) is 9.69 Å². The van der Waals surface area contributed by atoms with Crippen LogP contribution < -0.4 is 0 Å². The third kappa shape index (κ3) is 3.94. The summed E-state index contributed by atoms with van der Waals surface area (Å²) in [4.78, 5) is 28.4. The van der Waals surface area contributed by atoms with Crippen molar-refractivity contribution in [1.29, 1.82) is 0 Å². The Balaban J connectivity index is 1.35. The second-order valence-corrected chi connectivity index (χ2v) is 8.12. The van der Waals surface area contributed by atoms with Gasteiger partial charge in [0.1, 0.15) is 0 Å². The van der Waals surface area contributed by atoms with E-state index >= 15 is 0 Å². The average Bonchev–Trinajstić information content (AvgIpc) is 3.11. The highest BCUT2D eigenvalue weighted by Crippen LogP contribution is 2.41. The zero-order chi connectivity index (χ0) is 19.6. The molecule has 2 aliphatic rings. The van der Waals surface area contributed by atoms with E-state index in [-0.39, 0.29) is 11.5 Å². The molecule has 1 spiro atoms. The van der Waals surface area contributed by atoms with Gasteiger partial charge in [0.05, 0.1) is 5.56 Å². The fraction of sp³-hybridized carbons (Fsp3) is 0.391. The minimum atomic E-state index is -1.00. The van der Waals surface area contributed by atoms with E-state index in [0.717, 1.165) is 45.6 Å². The van der Waals surface area contributed by atoms with Crippen LogP contribution >= 0.6 is 0 Å². The summed E-state index contributed by atoms with van der Waals surface area (Å²) < 4.78 is 0. The molecule has 5 nitrogen and oxygen atoms in total. The normalized spacial score (nSPS) is 19.1. The van der Waals surface area contributed by atoms with Crippen LogP contribution in [0.1, 0.15) is 45.5 Å². The van der Waals surface area contributed by atoms with Crippen LogP contribution in [0.4, 0.5) is 0 Å². The number of nitrogens with zero attached hydrogens (tertiary/aromatic N) is 2. The van der Waals surface area contributed by atoms with Gasteiger partial charge in [0.2, 0.25) is 0 Å². The van der Waals surface area contributed by atoms with Gasteiger partial charge in [0.25, 0.3) is 5.91 Å². The molecule has 2 aromatic rings. The summed E-state index contributed by atoms with van der Waals surface area (Å²) in [5, 5.41) is 9.14. The molecule has 2 heterocycles. The smallest absolute Gasteiger partial charge is 0.335 e. The van der Waals surface area contributed by atoms with Gasteiger partial charge in [-0.15, -0.1) is 0 Å². The van der Waals surface area contributed by atoms with Crippen LogP contribution in [0.25, 0.3) is 0 Å². The van der Waals surface area contributed by atoms with E-state index in [0.29, 0.717) is 11.0 Å². The van der Waals surface area contributed by atoms with Crippen molar-refractivity contribution in [2.24, 2.45) is 5.41 Å². The van der Waals surface area contributed by atoms with Crippen LogP contribution in [0, 0.1) is 5.41 Å². The van der Waals surface area contributed by atoms with Crippen LogP contribution in [0.15, 0.2) is 54.6 Å². The average molecular weight is 378 g/mol. The summed E-state index contributed by atoms with van der Waals surface area (Å²) in [6.07, 6.45) is 3.22. The Bertz CT molecular complexity index is 857. The van der Waals surface area contributed by atoms with E-state index in [1.165, 1.54) is 24.1 Å². The predicted molar refractivity (Wildman–Crippen MR) is 107 cm³/mol. The lowest BCUT2D eigenvalue weighted by molar-refractivity contribution is 0.0588. The van der Waals surface area contributed by atoms with Gasteiger partial charge in [-0.2, -0.15) is 0 Å². The van der Waals surface area contributed by atoms with E-state index in [4.69, 9.17) is 5.11 Å². The largest absolute Gasteiger partial charge is 0.478 e. The Morgan fingerprint density at radius 1 is 0.893 bits per heavy atom. The van der Waals surface area contributed by atoms with Gasteiger partial charge in [-0.25, -0.2) is 4.79 Å². The standard InChI is InChI=1S/C23H26N2O3/c26-21(19-7-4-8-20(15-19)22(27)28)25-13-10-23(11-14-25)9-12-24(17-23)16-18-5-2-1-3-6-18/h1-8,15H,9-14,16-17H2,(H,27,28). The number of piperidine rings is 1. The lowest BCUT2D eigenvalue weighted by Crippen LogP contribution is -2.44. The number of likely N-dealkylation sites (tertiary alicyclic amines) is 2. The summed E-state index contributed by atoms with van der Waals surface area (Å²) in [6, 6.07) is 16.9. The van der Waals surface area contributed by atoms with Crippen LogP contribution in [0.5, 0.6) is 0 Å². The number of carbonyl (C=O) groups is 2. The molecule has 2 aromatic carbocycles. The zero-order valence-corrected chi connectivity index (χ0v) is 16.0. The predicted octanol–water partition coefficient (Wildman–Crippen LogP) is 3.51. The van der Waals surface area contributed by atoms with Gasteiger partial charge in [0.15, 0.2) is 0 Å². The minimum absolute atomic E-state index is 0.0583. The van der Waals surface area contributed by atoms with E-state index in [1.54, 1.807) is 12.1 Å². The molecule has 0 aromatic heterocycles. The fourth-order valence-corrected chi connectivity index (χ4v) is 4.56. The van der Waals surface area contributed by atoms with Crippen LogP contribution in [0.3, 0.4) is 0 Å². The highest BCUT2D eigenvalue weighted by atomic mass is 16.4. The molecule has 1 N–H and O–H groups in total. The Kier molecular flexibility index (Phi) is 5.18. The van der Waals surface area contributed by atoms with Crippen molar-refractivity contribution in [3.8, 4) is 0 Å². The van der Waals surface area contributed by atoms with Crippen molar-refractivity contribution < 1.29 is 14.7 Å². The monoisotopic (exact) mass is 378 g/mol. The number of carbonyl (C=O) groups excluding carboxylic acids is 1. The quantitative estimate of drug-likeness (QED) is 0.884. The Morgan fingerprint density at radius 2 is 1.57 bits per heavy atom. The lowest BCUT2D eigenvalue weighted by Gasteiger charge is -2.39. The van der Waals surface area contributed by atoms with Crippen LogP contribution in [-0.4, -0.2) is 53.0 Å². The Hall–Kier alpha value is -2.66. The molecule has 1 amide bonds. The fourth-order valence-electron chi connectivity index (χ4n) is 4.56. The minimum Gasteiger partial charge on any atom is -0.478 e. The van der Waals surface area contributed by atoms with Crippen molar-refractivity contribution in [3.63, 3.8) is 0 Å². The van der Waals surface area contributed by atoms with Crippen molar-refractivity contribution >= 4 is 11.9 Å². The summed E-state index contributed by atoms with van der Waals surface area (Å²) >= 11 is 0. The molecule has 28 heavy (non-hydrogen) atoms. The topological polar surface area (TPSA) is 60.9 Å². The van der Waals surface area contributed by atoms with Crippen LogP contribution in [-0.2, 0) is 6.54 Å². The van der Waals surface area contributed by atoms with Crippen molar-refractivity contribution in [3.05, 3.63) is 71.3 Å². The second kappa shape index (κ2) is 7.76. The molecule has 146 valence electrons. The van der Waals surface area contributed by atoms with Gasteiger partial charge in [-0.1, -0.05) is 36.4 Å². The van der Waals surface area contributed by atoms with Crippen molar-refractivity contribution in [2.45, 2.75) is 25.8 Å². The van der Waals surface area contributed by atoms with Crippen molar-refractivity contribution in [1.82, 2.24) is 9.80 Å². The summed E-state index contributed by atoms with van der Waals surface area (Å²) in [5.74, 6) is -1.06. The van der Waals surface area contributed by atoms with Gasteiger partial charge >= 0.3 is 5.97 Å². The highest BCUT2D eigenvalue weighted by molar-refractivity contribution is 5.97. The highest BCUT2D eigenvalue weighted by Gasteiger charge is 2.41. The molecule has 0 unspecified atom stereocenters. The molecule has 4 rings (SSSR count). The number of amides is 1. The second-order valence-electron chi connectivity index (χ2n) is 8.12. The molecule has 2 saturated heterocycles. The first-order valence-electron chi connectivity index (χ1n) is 9.94. The maximum absolute atomic E-state index is 12.8. The molecule has 0 aliphatic carbocycles. The first kappa shape index (κ1) is 18.7. The van der Waals surface area contributed by atoms with Gasteiger partial charge in [-0.05, 0) is 55.0 Å². The third-order valence-electron chi connectivity index (χ3n) is 6.23. The van der Waals surface area contributed by atoms with Gasteiger partial charge < -0.3 is 10.0 Å². The molecule has 2 aliphatic heterocycles. The summed E-state index contributed by atoms with van der Waals surface area (Å²) in [6.45, 7) is 4.69. The summed E-state index contributed by atoms with van der Waals surface area (Å²) in [7, 11) is 0. The number of carboxylic acid groups (broad SMARTS) is 1. The van der Waals surface area contributed by atoms with E-state index in [1.807, 2.05) is 11.0 Å². The van der Waals surface area contributed by atoms with E-state index in [2.05, 4.69) is 29.2 Å². The SMILES string of the molecule is O=C(O)c1cccc(C(=O)N2CCC3(CCN(Cc4ccccc4)C3)CC2)c1. The van der Waals surface area contributed by atoms with E-state index < -0.39 is 5.97 Å². The number of hydrogen-bond acceptors (Lipinski definition) is 3. The zero-order valence-electron chi connectivity index (χ0n) is 16.0. The lowest BCUT2D eigenvalue weighted by atomic mass is 9.77. The molecular weight excluding hydrogens is 352 g/mol. The Morgan fingerprint density at radius 3 is 2.29 bits per heavy atom. The molecule has 0 atom stereocenters. The number of carboxylic acids is 1. The van der Waals surface area contributed by atoms with Crippen molar-refractivity contribution in [2.75, 3.05) is 26.2 Å². The van der Waals surface area contributed by atoms with E-state index in [9.17, 15) is 9.59 Å². The summed E-state index contributed by atoms with van der Waals surface area (Å²) in [5.41, 5.74) is 2.29. The van der Waals surface area contributed by atoms with Crippen LogP contribution in [0.2, 0.25) is 0 Å². The number of hydrogen-bond donors (Lipinski definition) is 1. The third-order valence-corrected chi connectivity index (χ3v) is 6.23. The first-order valence-corrected chi connectivity index (χ1v) is 9.94. The Labute approximate surface area is 165 Å². The maximum Gasteiger partial charge on any atom is 0.335 e. The number of rotatable bonds is 4. The molecule has 0 radical (unpaired) electrons. The number of aromatic carboxylic acids is 1. The molecular formula is C23H26N2O3. The molecule has 0 bridgehead atoms.